The van der Waals surface area contributed by atoms with Crippen molar-refractivity contribution in [1.82, 2.24) is 15.0 Å². The maximum atomic E-state index is 12.0. The van der Waals surface area contributed by atoms with Gasteiger partial charge in [0.2, 0.25) is 0 Å². The van der Waals surface area contributed by atoms with E-state index in [1.165, 1.54) is 4.68 Å². The molecule has 4 nitrogen and oxygen atoms in total. The molecule has 0 N–H and O–H groups in total. The van der Waals surface area contributed by atoms with E-state index in [0.717, 1.165) is 17.9 Å². The van der Waals surface area contributed by atoms with E-state index in [4.69, 9.17) is 0 Å². The molecule has 5 heteroatoms. The Morgan fingerprint density at radius 3 is 3.00 bits per heavy atom. The summed E-state index contributed by atoms with van der Waals surface area (Å²) in [7, 11) is 0. The third-order valence-corrected chi connectivity index (χ3v) is 3.48. The van der Waals surface area contributed by atoms with Crippen molar-refractivity contribution in [2.45, 2.75) is 19.9 Å². The normalized spacial score (nSPS) is 10.9. The number of fused-ring (bicyclic) bond motifs is 1. The molecule has 0 radical (unpaired) electrons. The second-order valence-electron chi connectivity index (χ2n) is 3.69. The predicted molar refractivity (Wildman–Crippen MR) is 71.4 cm³/mol. The number of nitrogens with zero attached hydrogens (tertiary/aromatic N) is 3. The van der Waals surface area contributed by atoms with Crippen LogP contribution in [0.15, 0.2) is 29.1 Å². The zero-order valence-electron chi connectivity index (χ0n) is 9.80. The van der Waals surface area contributed by atoms with Crippen molar-refractivity contribution >= 4 is 22.7 Å². The van der Waals surface area contributed by atoms with Crippen molar-refractivity contribution in [3.8, 4) is 0 Å². The Morgan fingerprint density at radius 1 is 1.35 bits per heavy atom. The third kappa shape index (κ3) is 2.85. The van der Waals surface area contributed by atoms with Gasteiger partial charge in [0.05, 0.1) is 5.39 Å². The van der Waals surface area contributed by atoms with Crippen LogP contribution in [-0.4, -0.2) is 26.5 Å². The zero-order chi connectivity index (χ0) is 12.1. The molecular weight excluding hydrogens is 234 g/mol. The first kappa shape index (κ1) is 12.1. The fraction of sp³-hybridized carbons (Fsp3) is 0.417. The van der Waals surface area contributed by atoms with Gasteiger partial charge < -0.3 is 0 Å². The lowest BCUT2D eigenvalue weighted by atomic mass is 10.2. The molecule has 0 saturated heterocycles. The topological polar surface area (TPSA) is 47.8 Å². The Hall–Kier alpha value is -1.36. The summed E-state index contributed by atoms with van der Waals surface area (Å²) in [4.78, 5) is 12.0. The number of benzene rings is 1. The van der Waals surface area contributed by atoms with Crippen LogP contribution >= 0.6 is 11.8 Å². The van der Waals surface area contributed by atoms with E-state index < -0.39 is 0 Å². The Bertz CT molecular complexity index is 553. The molecule has 0 aliphatic heterocycles. The van der Waals surface area contributed by atoms with Crippen molar-refractivity contribution < 1.29 is 0 Å². The van der Waals surface area contributed by atoms with E-state index in [-0.39, 0.29) is 5.56 Å². The summed E-state index contributed by atoms with van der Waals surface area (Å²) in [6, 6.07) is 7.31. The van der Waals surface area contributed by atoms with E-state index in [1.807, 2.05) is 23.9 Å². The number of aryl methyl sites for hydroxylation is 1. The van der Waals surface area contributed by atoms with E-state index >= 15 is 0 Å². The first-order valence-corrected chi connectivity index (χ1v) is 6.88. The SMILES string of the molecule is CCSCCCn1nnc2ccccc2c1=O. The molecule has 1 aromatic heterocycles. The highest BCUT2D eigenvalue weighted by Gasteiger charge is 2.03. The Kier molecular flexibility index (Phi) is 4.14. The summed E-state index contributed by atoms with van der Waals surface area (Å²) in [5, 5.41) is 8.64. The van der Waals surface area contributed by atoms with E-state index in [9.17, 15) is 4.79 Å². The van der Waals surface area contributed by atoms with Crippen LogP contribution in [-0.2, 0) is 6.54 Å². The standard InChI is InChI=1S/C12H15N3OS/c1-2-17-9-5-8-15-12(16)10-6-3-4-7-11(10)13-14-15/h3-4,6-7H,2,5,8-9H2,1H3. The second-order valence-corrected chi connectivity index (χ2v) is 5.08. The van der Waals surface area contributed by atoms with Crippen LogP contribution in [0, 0.1) is 0 Å². The highest BCUT2D eigenvalue weighted by Crippen LogP contribution is 2.04. The fourth-order valence-electron chi connectivity index (χ4n) is 1.63. The minimum atomic E-state index is -0.0444. The third-order valence-electron chi connectivity index (χ3n) is 2.49. The Balaban J connectivity index is 2.18. The highest BCUT2D eigenvalue weighted by molar-refractivity contribution is 7.99. The summed E-state index contributed by atoms with van der Waals surface area (Å²) in [6.45, 7) is 2.77. The van der Waals surface area contributed by atoms with Crippen LogP contribution in [0.4, 0.5) is 0 Å². The van der Waals surface area contributed by atoms with Gasteiger partial charge in [0.1, 0.15) is 5.52 Å². The zero-order valence-corrected chi connectivity index (χ0v) is 10.6. The Labute approximate surface area is 104 Å². The van der Waals surface area contributed by atoms with Gasteiger partial charge in [-0.2, -0.15) is 11.8 Å². The molecule has 0 spiro atoms. The predicted octanol–water partition coefficient (Wildman–Crippen LogP) is 1.93. The minimum absolute atomic E-state index is 0.0444. The molecule has 1 heterocycles. The fourth-order valence-corrected chi connectivity index (χ4v) is 2.25. The molecule has 0 amide bonds. The maximum Gasteiger partial charge on any atom is 0.277 e. The lowest BCUT2D eigenvalue weighted by molar-refractivity contribution is 0.543. The van der Waals surface area contributed by atoms with Gasteiger partial charge >= 0.3 is 0 Å². The second kappa shape index (κ2) is 5.82. The lowest BCUT2D eigenvalue weighted by Crippen LogP contribution is -2.24. The molecule has 0 saturated carbocycles. The number of thioether (sulfide) groups is 1. The van der Waals surface area contributed by atoms with Gasteiger partial charge in [-0.3, -0.25) is 4.79 Å². The average Bonchev–Trinajstić information content (AvgIpc) is 2.37. The highest BCUT2D eigenvalue weighted by atomic mass is 32.2. The first-order chi connectivity index (χ1) is 8.33. The van der Waals surface area contributed by atoms with Crippen LogP contribution in [0.2, 0.25) is 0 Å². The molecule has 0 aliphatic rings. The summed E-state index contributed by atoms with van der Waals surface area (Å²) in [5.74, 6) is 2.16. The van der Waals surface area contributed by atoms with Crippen LogP contribution in [0.5, 0.6) is 0 Å². The lowest BCUT2D eigenvalue weighted by Gasteiger charge is -2.04. The molecule has 0 bridgehead atoms. The molecule has 2 aromatic rings. The molecule has 0 aliphatic carbocycles. The number of rotatable bonds is 5. The van der Waals surface area contributed by atoms with Gasteiger partial charge in [0.25, 0.3) is 5.56 Å². The maximum absolute atomic E-state index is 12.0. The molecular formula is C12H15N3OS. The molecule has 90 valence electrons. The monoisotopic (exact) mass is 249 g/mol. The van der Waals surface area contributed by atoms with Crippen molar-refractivity contribution in [1.29, 1.82) is 0 Å². The molecule has 17 heavy (non-hydrogen) atoms. The average molecular weight is 249 g/mol. The van der Waals surface area contributed by atoms with Crippen LogP contribution in [0.1, 0.15) is 13.3 Å². The van der Waals surface area contributed by atoms with Crippen LogP contribution < -0.4 is 5.56 Å². The van der Waals surface area contributed by atoms with Crippen molar-refractivity contribution in [3.05, 3.63) is 34.6 Å². The quantitative estimate of drug-likeness (QED) is 0.760. The largest absolute Gasteiger partial charge is 0.277 e. The van der Waals surface area contributed by atoms with E-state index in [2.05, 4.69) is 17.2 Å². The van der Waals surface area contributed by atoms with Crippen molar-refractivity contribution in [2.75, 3.05) is 11.5 Å². The summed E-state index contributed by atoms with van der Waals surface area (Å²) >= 11 is 1.87. The van der Waals surface area contributed by atoms with Gasteiger partial charge in [-0.15, -0.1) is 5.10 Å². The number of hydrogen-bond acceptors (Lipinski definition) is 4. The first-order valence-electron chi connectivity index (χ1n) is 5.73. The van der Waals surface area contributed by atoms with Crippen LogP contribution in [0.25, 0.3) is 10.9 Å². The molecule has 2 rings (SSSR count). The molecule has 0 fully saturated rings. The van der Waals surface area contributed by atoms with Crippen molar-refractivity contribution in [3.63, 3.8) is 0 Å². The summed E-state index contributed by atoms with van der Waals surface area (Å²) < 4.78 is 1.46. The van der Waals surface area contributed by atoms with Gasteiger partial charge in [0.15, 0.2) is 0 Å². The van der Waals surface area contributed by atoms with E-state index in [1.54, 1.807) is 12.1 Å². The summed E-state index contributed by atoms with van der Waals surface area (Å²) in [5.41, 5.74) is 0.619. The minimum Gasteiger partial charge on any atom is -0.267 e. The van der Waals surface area contributed by atoms with Crippen molar-refractivity contribution in [2.24, 2.45) is 0 Å². The summed E-state index contributed by atoms with van der Waals surface area (Å²) in [6.07, 6.45) is 0.950. The molecule has 0 unspecified atom stereocenters. The van der Waals surface area contributed by atoms with E-state index in [0.29, 0.717) is 17.4 Å². The smallest absolute Gasteiger partial charge is 0.267 e. The molecule has 1 aromatic carbocycles. The van der Waals surface area contributed by atoms with Gasteiger partial charge in [-0.05, 0) is 30.1 Å². The van der Waals surface area contributed by atoms with Gasteiger partial charge in [-0.1, -0.05) is 24.3 Å². The van der Waals surface area contributed by atoms with Gasteiger partial charge in [-0.25, -0.2) is 4.68 Å². The van der Waals surface area contributed by atoms with Gasteiger partial charge in [0, 0.05) is 6.54 Å². The number of hydrogen-bond donors (Lipinski definition) is 0. The molecule has 0 atom stereocenters. The van der Waals surface area contributed by atoms with Crippen LogP contribution in [0.3, 0.4) is 0 Å². The Morgan fingerprint density at radius 2 is 2.18 bits per heavy atom. The number of aromatic nitrogens is 3.